The zero-order chi connectivity index (χ0) is 12.3. The van der Waals surface area contributed by atoms with E-state index in [2.05, 4.69) is 35.3 Å². The number of fused-ring (bicyclic) bond motifs is 1. The third-order valence-electron chi connectivity index (χ3n) is 2.80. The van der Waals surface area contributed by atoms with E-state index >= 15 is 0 Å². The molecule has 5 nitrogen and oxygen atoms in total. The van der Waals surface area contributed by atoms with E-state index in [1.165, 1.54) is 5.56 Å². The van der Waals surface area contributed by atoms with E-state index in [4.69, 9.17) is 5.73 Å². The molecule has 0 radical (unpaired) electrons. The van der Waals surface area contributed by atoms with Gasteiger partial charge in [-0.3, -0.25) is 0 Å². The summed E-state index contributed by atoms with van der Waals surface area (Å²) in [5, 5.41) is 7.64. The minimum atomic E-state index is 0.286. The van der Waals surface area contributed by atoms with Crippen molar-refractivity contribution in [3.05, 3.63) is 24.0 Å². The Bertz CT molecular complexity index is 491. The van der Waals surface area contributed by atoms with Crippen LogP contribution < -0.4 is 11.1 Å². The first-order chi connectivity index (χ1) is 8.24. The molecule has 0 aliphatic heterocycles. The van der Waals surface area contributed by atoms with Gasteiger partial charge in [-0.25, -0.2) is 4.98 Å². The van der Waals surface area contributed by atoms with Gasteiger partial charge in [-0.05, 0) is 31.0 Å². The fourth-order valence-electron chi connectivity index (χ4n) is 1.97. The summed E-state index contributed by atoms with van der Waals surface area (Å²) in [6.45, 7) is 4.83. The second-order valence-electron chi connectivity index (χ2n) is 4.31. The molecule has 0 spiro atoms. The summed E-state index contributed by atoms with van der Waals surface area (Å²) in [6.07, 6.45) is 3.74. The highest BCUT2D eigenvalue weighted by atomic mass is 15.3. The number of hydrogen-bond donors (Lipinski definition) is 2. The van der Waals surface area contributed by atoms with E-state index < -0.39 is 0 Å². The predicted octanol–water partition coefficient (Wildman–Crippen LogP) is 1.58. The minimum Gasteiger partial charge on any atom is -0.366 e. The SMILES string of the molecule is CCCC(CN)Nc1cc(C)cc2ncnn12. The fraction of sp³-hybridized carbons (Fsp3) is 0.500. The molecule has 92 valence electrons. The van der Waals surface area contributed by atoms with Crippen molar-refractivity contribution in [2.45, 2.75) is 32.7 Å². The average molecular weight is 233 g/mol. The molecule has 2 aromatic rings. The van der Waals surface area contributed by atoms with Crippen LogP contribution in [0.4, 0.5) is 5.82 Å². The van der Waals surface area contributed by atoms with Crippen LogP contribution in [0.15, 0.2) is 18.5 Å². The monoisotopic (exact) mass is 233 g/mol. The molecular weight excluding hydrogens is 214 g/mol. The number of hydrogen-bond acceptors (Lipinski definition) is 4. The Morgan fingerprint density at radius 2 is 2.29 bits per heavy atom. The molecule has 0 fully saturated rings. The molecule has 0 saturated heterocycles. The minimum absolute atomic E-state index is 0.286. The van der Waals surface area contributed by atoms with E-state index in [0.717, 1.165) is 24.3 Å². The number of anilines is 1. The van der Waals surface area contributed by atoms with Crippen LogP contribution >= 0.6 is 0 Å². The number of aromatic nitrogens is 3. The van der Waals surface area contributed by atoms with Crippen molar-refractivity contribution in [2.24, 2.45) is 5.73 Å². The van der Waals surface area contributed by atoms with Crippen LogP contribution in [0.2, 0.25) is 0 Å². The van der Waals surface area contributed by atoms with Gasteiger partial charge in [0.15, 0.2) is 5.65 Å². The Morgan fingerprint density at radius 3 is 3.00 bits per heavy atom. The molecule has 0 aromatic carbocycles. The molecule has 3 N–H and O–H groups in total. The summed E-state index contributed by atoms with van der Waals surface area (Å²) in [6, 6.07) is 4.37. The van der Waals surface area contributed by atoms with Crippen LogP contribution in [-0.4, -0.2) is 27.2 Å². The molecule has 1 unspecified atom stereocenters. The quantitative estimate of drug-likeness (QED) is 0.822. The topological polar surface area (TPSA) is 68.2 Å². The molecule has 2 heterocycles. The molecule has 0 amide bonds. The van der Waals surface area contributed by atoms with E-state index in [1.807, 2.05) is 10.6 Å². The zero-order valence-electron chi connectivity index (χ0n) is 10.3. The maximum Gasteiger partial charge on any atom is 0.157 e. The largest absolute Gasteiger partial charge is 0.366 e. The Labute approximate surface area is 101 Å². The molecule has 2 aromatic heterocycles. The normalized spacial score (nSPS) is 12.9. The first-order valence-electron chi connectivity index (χ1n) is 6.01. The van der Waals surface area contributed by atoms with Crippen molar-refractivity contribution in [3.63, 3.8) is 0 Å². The molecule has 0 aliphatic rings. The average Bonchev–Trinajstić information content (AvgIpc) is 2.76. The van der Waals surface area contributed by atoms with E-state index in [0.29, 0.717) is 6.54 Å². The van der Waals surface area contributed by atoms with Gasteiger partial charge < -0.3 is 11.1 Å². The highest BCUT2D eigenvalue weighted by Gasteiger charge is 2.09. The Kier molecular flexibility index (Phi) is 3.58. The van der Waals surface area contributed by atoms with Crippen molar-refractivity contribution in [1.82, 2.24) is 14.6 Å². The summed E-state index contributed by atoms with van der Waals surface area (Å²) < 4.78 is 1.81. The van der Waals surface area contributed by atoms with E-state index in [9.17, 15) is 0 Å². The third-order valence-corrected chi connectivity index (χ3v) is 2.80. The van der Waals surface area contributed by atoms with Crippen molar-refractivity contribution < 1.29 is 0 Å². The molecule has 1 atom stereocenters. The highest BCUT2D eigenvalue weighted by Crippen LogP contribution is 2.15. The second kappa shape index (κ2) is 5.14. The molecule has 2 rings (SSSR count). The van der Waals surface area contributed by atoms with Crippen LogP contribution in [0.3, 0.4) is 0 Å². The van der Waals surface area contributed by atoms with Crippen LogP contribution in [-0.2, 0) is 0 Å². The van der Waals surface area contributed by atoms with Gasteiger partial charge in [0.25, 0.3) is 0 Å². The first-order valence-corrected chi connectivity index (χ1v) is 6.01. The maximum absolute atomic E-state index is 5.76. The van der Waals surface area contributed by atoms with E-state index in [-0.39, 0.29) is 6.04 Å². The summed E-state index contributed by atoms with van der Waals surface area (Å²) in [4.78, 5) is 4.20. The molecular formula is C12H19N5. The summed E-state index contributed by atoms with van der Waals surface area (Å²) in [7, 11) is 0. The van der Waals surface area contributed by atoms with Gasteiger partial charge in [-0.1, -0.05) is 13.3 Å². The van der Waals surface area contributed by atoms with Crippen LogP contribution in [0.5, 0.6) is 0 Å². The van der Waals surface area contributed by atoms with Gasteiger partial charge in [0.1, 0.15) is 12.1 Å². The number of pyridine rings is 1. The lowest BCUT2D eigenvalue weighted by molar-refractivity contribution is 0.642. The van der Waals surface area contributed by atoms with Gasteiger partial charge in [0.05, 0.1) is 0 Å². The molecule has 0 bridgehead atoms. The molecule has 5 heteroatoms. The van der Waals surface area contributed by atoms with Crippen molar-refractivity contribution >= 4 is 11.5 Å². The Balaban J connectivity index is 2.30. The number of nitrogens with zero attached hydrogens (tertiary/aromatic N) is 3. The number of nitrogens with two attached hydrogens (primary N) is 1. The van der Waals surface area contributed by atoms with Gasteiger partial charge in [-0.15, -0.1) is 0 Å². The first kappa shape index (κ1) is 11.9. The zero-order valence-corrected chi connectivity index (χ0v) is 10.3. The van der Waals surface area contributed by atoms with Gasteiger partial charge >= 0.3 is 0 Å². The molecule has 0 saturated carbocycles. The van der Waals surface area contributed by atoms with Crippen LogP contribution in [0.25, 0.3) is 5.65 Å². The standard InChI is InChI=1S/C12H19N5/c1-3-4-10(7-13)16-12-6-9(2)5-11-14-8-15-17(11)12/h5-6,8,10,16H,3-4,7,13H2,1-2H3. The van der Waals surface area contributed by atoms with Crippen molar-refractivity contribution in [2.75, 3.05) is 11.9 Å². The number of aryl methyl sites for hydroxylation is 1. The van der Waals surface area contributed by atoms with Gasteiger partial charge in [0, 0.05) is 12.6 Å². The van der Waals surface area contributed by atoms with Gasteiger partial charge in [-0.2, -0.15) is 9.61 Å². The maximum atomic E-state index is 5.76. The number of rotatable bonds is 5. The summed E-state index contributed by atoms with van der Waals surface area (Å²) >= 11 is 0. The lowest BCUT2D eigenvalue weighted by atomic mass is 10.1. The van der Waals surface area contributed by atoms with Crippen LogP contribution in [0.1, 0.15) is 25.3 Å². The van der Waals surface area contributed by atoms with Crippen LogP contribution in [0, 0.1) is 6.92 Å². The smallest absolute Gasteiger partial charge is 0.157 e. The lowest BCUT2D eigenvalue weighted by Crippen LogP contribution is -2.29. The summed E-state index contributed by atoms with van der Waals surface area (Å²) in [5.41, 5.74) is 7.78. The third kappa shape index (κ3) is 2.55. The van der Waals surface area contributed by atoms with Crippen molar-refractivity contribution in [1.29, 1.82) is 0 Å². The Hall–Kier alpha value is -1.62. The van der Waals surface area contributed by atoms with Gasteiger partial charge in [0.2, 0.25) is 0 Å². The van der Waals surface area contributed by atoms with Crippen molar-refractivity contribution in [3.8, 4) is 0 Å². The second-order valence-corrected chi connectivity index (χ2v) is 4.31. The fourth-order valence-corrected chi connectivity index (χ4v) is 1.97. The summed E-state index contributed by atoms with van der Waals surface area (Å²) in [5.74, 6) is 0.960. The molecule has 0 aliphatic carbocycles. The predicted molar refractivity (Wildman–Crippen MR) is 69.1 cm³/mol. The highest BCUT2D eigenvalue weighted by molar-refractivity contribution is 5.51. The van der Waals surface area contributed by atoms with E-state index in [1.54, 1.807) is 6.33 Å². The lowest BCUT2D eigenvalue weighted by Gasteiger charge is -2.18. The number of nitrogens with one attached hydrogen (secondary N) is 1. The Morgan fingerprint density at radius 1 is 1.47 bits per heavy atom. The molecule has 17 heavy (non-hydrogen) atoms.